The predicted octanol–water partition coefficient (Wildman–Crippen LogP) is 6.25. The van der Waals surface area contributed by atoms with Gasteiger partial charge in [-0.15, -0.1) is 5.10 Å². The van der Waals surface area contributed by atoms with Crippen molar-refractivity contribution in [2.24, 2.45) is 10.9 Å². The Morgan fingerprint density at radius 2 is 1.90 bits per heavy atom. The van der Waals surface area contributed by atoms with Crippen molar-refractivity contribution in [3.8, 4) is 11.3 Å². The standard InChI is InChI=1S/C19H25N7.C8H13F2NO.C2H4F2/c1-6-11(2)12(3)22-15-7-8-16(23-13(15)4)14-9-10-26-17(14)18(21-5)24-19(20)25-26;9-8(10)2-1-3-11(6-8)7-4-12-5-7;1-2(3)4/h7-11H,6H2,1-5H3,(H3,20,21,24,25);7H,1-6H2;2H,1H3. The first kappa shape index (κ1) is 33.2. The van der Waals surface area contributed by atoms with E-state index in [1.807, 2.05) is 43.3 Å². The molecular formula is C29H42F4N8O. The number of nitrogen functional groups attached to an aromatic ring is 1. The van der Waals surface area contributed by atoms with Gasteiger partial charge in [0, 0.05) is 30.9 Å². The van der Waals surface area contributed by atoms with Crippen molar-refractivity contribution in [1.29, 1.82) is 0 Å². The van der Waals surface area contributed by atoms with Gasteiger partial charge in [0.05, 0.1) is 42.9 Å². The summed E-state index contributed by atoms with van der Waals surface area (Å²) >= 11 is 0. The quantitative estimate of drug-likeness (QED) is 0.257. The van der Waals surface area contributed by atoms with Crippen LogP contribution in [0.15, 0.2) is 29.4 Å². The summed E-state index contributed by atoms with van der Waals surface area (Å²) in [6.45, 7) is 11.3. The van der Waals surface area contributed by atoms with Crippen molar-refractivity contribution in [1.82, 2.24) is 24.5 Å². The second kappa shape index (κ2) is 14.7. The summed E-state index contributed by atoms with van der Waals surface area (Å²) in [5.41, 5.74) is 11.3. The Balaban J connectivity index is 0.000000249. The van der Waals surface area contributed by atoms with Crippen molar-refractivity contribution in [3.63, 3.8) is 0 Å². The number of halogens is 4. The number of nitrogens with two attached hydrogens (primary N) is 1. The lowest BCUT2D eigenvalue weighted by Crippen LogP contribution is -2.55. The van der Waals surface area contributed by atoms with Crippen LogP contribution in [-0.2, 0) is 4.74 Å². The van der Waals surface area contributed by atoms with E-state index in [0.29, 0.717) is 31.4 Å². The lowest BCUT2D eigenvalue weighted by Gasteiger charge is -2.41. The van der Waals surface area contributed by atoms with Crippen LogP contribution >= 0.6 is 0 Å². The number of aliphatic imine (C=N–C) groups is 1. The van der Waals surface area contributed by atoms with E-state index in [1.165, 1.54) is 0 Å². The third-order valence-corrected chi connectivity index (χ3v) is 7.28. The van der Waals surface area contributed by atoms with Crippen molar-refractivity contribution < 1.29 is 22.3 Å². The van der Waals surface area contributed by atoms with Gasteiger partial charge in [0.15, 0.2) is 5.82 Å². The number of hydrogen-bond donors (Lipinski definition) is 2. The molecule has 5 heterocycles. The monoisotopic (exact) mass is 594 g/mol. The third kappa shape index (κ3) is 8.84. The van der Waals surface area contributed by atoms with Gasteiger partial charge >= 0.3 is 0 Å². The van der Waals surface area contributed by atoms with Gasteiger partial charge < -0.3 is 15.8 Å². The molecule has 3 aromatic heterocycles. The molecule has 0 aliphatic carbocycles. The van der Waals surface area contributed by atoms with Crippen molar-refractivity contribution in [3.05, 3.63) is 30.1 Å². The fourth-order valence-corrected chi connectivity index (χ4v) is 4.58. The fourth-order valence-electron chi connectivity index (χ4n) is 4.58. The topological polar surface area (TPSA) is 106 Å². The maximum atomic E-state index is 12.9. The first-order valence-corrected chi connectivity index (χ1v) is 14.2. The van der Waals surface area contributed by atoms with E-state index in [0.717, 1.165) is 53.8 Å². The molecule has 0 saturated carbocycles. The molecule has 232 valence electrons. The molecule has 0 aromatic carbocycles. The van der Waals surface area contributed by atoms with Gasteiger partial charge in [-0.05, 0) is 64.3 Å². The van der Waals surface area contributed by atoms with Crippen LogP contribution in [0.1, 0.15) is 52.7 Å². The van der Waals surface area contributed by atoms with E-state index >= 15 is 0 Å². The minimum Gasteiger partial charge on any atom is -0.378 e. The first-order valence-electron chi connectivity index (χ1n) is 14.2. The van der Waals surface area contributed by atoms with Crippen LogP contribution in [0, 0.1) is 12.8 Å². The van der Waals surface area contributed by atoms with Crippen LogP contribution in [0.25, 0.3) is 16.8 Å². The SMILES string of the molecule is CC(F)F.CCC(C)C(C)=Nc1ccc(-c2ccn3nc(N)nc(NC)c23)nc1C.FC1(F)CCCN(C2COC2)C1. The van der Waals surface area contributed by atoms with E-state index in [-0.39, 0.29) is 25.0 Å². The van der Waals surface area contributed by atoms with Crippen LogP contribution < -0.4 is 11.1 Å². The number of fused-ring (bicyclic) bond motifs is 1. The Labute approximate surface area is 244 Å². The molecule has 1 unspecified atom stereocenters. The molecular weight excluding hydrogens is 552 g/mol. The number of likely N-dealkylation sites (tertiary alicyclic amines) is 1. The number of aryl methyl sites for hydroxylation is 1. The minimum absolute atomic E-state index is 0.0527. The molecule has 2 saturated heterocycles. The molecule has 3 N–H and O–H groups in total. The zero-order valence-corrected chi connectivity index (χ0v) is 25.2. The largest absolute Gasteiger partial charge is 0.378 e. The van der Waals surface area contributed by atoms with Gasteiger partial charge in [0.1, 0.15) is 5.52 Å². The number of ether oxygens (including phenoxy) is 1. The molecule has 9 nitrogen and oxygen atoms in total. The smallest absolute Gasteiger partial charge is 0.260 e. The first-order chi connectivity index (χ1) is 19.8. The number of nitrogens with one attached hydrogen (secondary N) is 1. The number of rotatable bonds is 6. The Bertz CT molecular complexity index is 1340. The zero-order chi connectivity index (χ0) is 31.0. The summed E-state index contributed by atoms with van der Waals surface area (Å²) in [5, 5.41) is 7.31. The molecule has 13 heteroatoms. The minimum atomic E-state index is -2.46. The van der Waals surface area contributed by atoms with Gasteiger partial charge in [-0.25, -0.2) is 22.1 Å². The van der Waals surface area contributed by atoms with E-state index in [4.69, 9.17) is 20.4 Å². The number of piperidine rings is 1. The number of pyridine rings is 1. The second-order valence-electron chi connectivity index (χ2n) is 10.6. The van der Waals surface area contributed by atoms with Gasteiger partial charge in [-0.3, -0.25) is 14.9 Å². The average molecular weight is 595 g/mol. The van der Waals surface area contributed by atoms with E-state index in [1.54, 1.807) is 4.52 Å². The highest BCUT2D eigenvalue weighted by Crippen LogP contribution is 2.31. The molecule has 0 radical (unpaired) electrons. The molecule has 0 bridgehead atoms. The number of anilines is 2. The summed E-state index contributed by atoms with van der Waals surface area (Å²) in [6, 6.07) is 6.24. The van der Waals surface area contributed by atoms with E-state index < -0.39 is 12.3 Å². The summed E-state index contributed by atoms with van der Waals surface area (Å²) in [6.07, 6.45) is 1.44. The Kier molecular flexibility index (Phi) is 11.6. The summed E-state index contributed by atoms with van der Waals surface area (Å²) < 4.78 is 53.1. The van der Waals surface area contributed by atoms with Gasteiger partial charge in [0.2, 0.25) is 12.4 Å². The average Bonchev–Trinajstić information content (AvgIpc) is 3.31. The van der Waals surface area contributed by atoms with E-state index in [2.05, 4.69) is 36.2 Å². The molecule has 0 amide bonds. The molecule has 3 aromatic rings. The normalized spacial score (nSPS) is 18.0. The molecule has 2 aliphatic heterocycles. The number of nitrogens with zero attached hydrogens (tertiary/aromatic N) is 6. The van der Waals surface area contributed by atoms with Crippen LogP contribution in [0.2, 0.25) is 0 Å². The highest BCUT2D eigenvalue weighted by Gasteiger charge is 2.39. The third-order valence-electron chi connectivity index (χ3n) is 7.28. The molecule has 2 aliphatic rings. The zero-order valence-electron chi connectivity index (χ0n) is 25.2. The summed E-state index contributed by atoms with van der Waals surface area (Å²) in [7, 11) is 1.81. The number of aromatic nitrogens is 4. The van der Waals surface area contributed by atoms with Gasteiger partial charge in [-0.1, -0.05) is 13.8 Å². The lowest BCUT2D eigenvalue weighted by atomic mass is 10.0. The molecule has 5 rings (SSSR count). The second-order valence-corrected chi connectivity index (χ2v) is 10.6. The molecule has 0 spiro atoms. The summed E-state index contributed by atoms with van der Waals surface area (Å²) in [4.78, 5) is 15.6. The molecule has 2 fully saturated rings. The van der Waals surface area contributed by atoms with Crippen molar-refractivity contribution in [2.75, 3.05) is 44.4 Å². The van der Waals surface area contributed by atoms with Crippen molar-refractivity contribution in [2.45, 2.75) is 72.3 Å². The van der Waals surface area contributed by atoms with Crippen molar-refractivity contribution >= 4 is 28.7 Å². The van der Waals surface area contributed by atoms with Crippen LogP contribution in [0.3, 0.4) is 0 Å². The van der Waals surface area contributed by atoms with Gasteiger partial charge in [0.25, 0.3) is 5.92 Å². The molecule has 42 heavy (non-hydrogen) atoms. The number of alkyl halides is 4. The predicted molar refractivity (Wildman–Crippen MR) is 159 cm³/mol. The van der Waals surface area contributed by atoms with Crippen LogP contribution in [0.5, 0.6) is 0 Å². The maximum absolute atomic E-state index is 12.9. The molecule has 1 atom stereocenters. The Morgan fingerprint density at radius 3 is 2.45 bits per heavy atom. The van der Waals surface area contributed by atoms with E-state index in [9.17, 15) is 17.6 Å². The number of hydrogen-bond acceptors (Lipinski definition) is 8. The highest BCUT2D eigenvalue weighted by atomic mass is 19.3. The van der Waals surface area contributed by atoms with Crippen LogP contribution in [0.4, 0.5) is 35.0 Å². The summed E-state index contributed by atoms with van der Waals surface area (Å²) in [5.74, 6) is -1.11. The fraction of sp³-hybridized carbons (Fsp3) is 0.586. The lowest BCUT2D eigenvalue weighted by molar-refractivity contribution is -0.126. The highest BCUT2D eigenvalue weighted by molar-refractivity contribution is 5.89. The Hall–Kier alpha value is -3.32. The maximum Gasteiger partial charge on any atom is 0.260 e. The van der Waals surface area contributed by atoms with Crippen LogP contribution in [-0.4, -0.2) is 81.9 Å². The van der Waals surface area contributed by atoms with Gasteiger partial charge in [-0.2, -0.15) is 4.98 Å². The Morgan fingerprint density at radius 1 is 1.21 bits per heavy atom.